The van der Waals surface area contributed by atoms with E-state index in [1.807, 2.05) is 0 Å². The Balaban J connectivity index is 2.12. The Morgan fingerprint density at radius 1 is 1.38 bits per heavy atom. The van der Waals surface area contributed by atoms with E-state index in [2.05, 4.69) is 37.4 Å². The molecule has 0 spiro atoms. The van der Waals surface area contributed by atoms with Gasteiger partial charge in [-0.05, 0) is 30.5 Å². The van der Waals surface area contributed by atoms with E-state index in [1.54, 1.807) is 0 Å². The van der Waals surface area contributed by atoms with Crippen LogP contribution in [0.2, 0.25) is 0 Å². The number of rotatable bonds is 2. The Morgan fingerprint density at radius 3 is 2.81 bits per heavy atom. The Bertz CT molecular complexity index is 359. The van der Waals surface area contributed by atoms with Crippen LogP contribution in [0.4, 0.5) is 0 Å². The molecule has 3 heteroatoms. The van der Waals surface area contributed by atoms with Crippen molar-refractivity contribution in [1.29, 1.82) is 0 Å². The minimum absolute atomic E-state index is 0.0351. The Labute approximate surface area is 97.0 Å². The van der Waals surface area contributed by atoms with Gasteiger partial charge in [0.1, 0.15) is 0 Å². The fraction of sp³-hybridized carbons (Fsp3) is 0.538. The van der Waals surface area contributed by atoms with Gasteiger partial charge in [0.05, 0.1) is 18.8 Å². The van der Waals surface area contributed by atoms with Crippen LogP contribution in [0.15, 0.2) is 18.2 Å². The lowest BCUT2D eigenvalue weighted by Gasteiger charge is -2.29. The molecule has 0 aliphatic carbocycles. The van der Waals surface area contributed by atoms with Gasteiger partial charge in [0.15, 0.2) is 0 Å². The van der Waals surface area contributed by atoms with Crippen molar-refractivity contribution in [2.45, 2.75) is 26.0 Å². The molecule has 1 aliphatic heterocycles. The van der Waals surface area contributed by atoms with E-state index in [4.69, 9.17) is 10.5 Å². The molecule has 0 radical (unpaired) electrons. The second-order valence-electron chi connectivity index (χ2n) is 4.48. The van der Waals surface area contributed by atoms with Gasteiger partial charge < -0.3 is 15.8 Å². The molecule has 1 aliphatic rings. The molecule has 1 heterocycles. The molecule has 2 unspecified atom stereocenters. The van der Waals surface area contributed by atoms with Crippen molar-refractivity contribution in [2.75, 3.05) is 19.7 Å². The molecular formula is C13H20N2O. The van der Waals surface area contributed by atoms with E-state index in [0.717, 1.165) is 25.3 Å². The number of morpholine rings is 1. The number of aryl methyl sites for hydroxylation is 2. The van der Waals surface area contributed by atoms with E-state index >= 15 is 0 Å². The minimum atomic E-state index is -0.0351. The molecule has 1 aromatic carbocycles. The lowest BCUT2D eigenvalue weighted by Crippen LogP contribution is -2.44. The van der Waals surface area contributed by atoms with E-state index in [1.165, 1.54) is 11.1 Å². The summed E-state index contributed by atoms with van der Waals surface area (Å²) >= 11 is 0. The first-order valence-corrected chi connectivity index (χ1v) is 5.83. The Hall–Kier alpha value is -0.900. The zero-order valence-electron chi connectivity index (χ0n) is 9.99. The SMILES string of the molecule is Cc1ccc(C(N)C2CNCCO2)cc1C. The fourth-order valence-electron chi connectivity index (χ4n) is 2.00. The molecule has 0 aromatic heterocycles. The first-order chi connectivity index (χ1) is 7.68. The van der Waals surface area contributed by atoms with Crippen molar-refractivity contribution in [3.8, 4) is 0 Å². The predicted octanol–water partition coefficient (Wildman–Crippen LogP) is 1.29. The summed E-state index contributed by atoms with van der Waals surface area (Å²) < 4.78 is 5.68. The third kappa shape index (κ3) is 2.43. The number of hydrogen-bond donors (Lipinski definition) is 2. The lowest BCUT2D eigenvalue weighted by atomic mass is 9.97. The van der Waals surface area contributed by atoms with Crippen LogP contribution in [0.1, 0.15) is 22.7 Å². The molecule has 1 fully saturated rings. The van der Waals surface area contributed by atoms with Crippen LogP contribution >= 0.6 is 0 Å². The highest BCUT2D eigenvalue weighted by molar-refractivity contribution is 5.32. The van der Waals surface area contributed by atoms with Crippen LogP contribution in [0.5, 0.6) is 0 Å². The maximum Gasteiger partial charge on any atom is 0.0892 e. The van der Waals surface area contributed by atoms with E-state index in [9.17, 15) is 0 Å². The zero-order chi connectivity index (χ0) is 11.5. The van der Waals surface area contributed by atoms with Gasteiger partial charge in [-0.25, -0.2) is 0 Å². The summed E-state index contributed by atoms with van der Waals surface area (Å²) in [5, 5.41) is 3.31. The van der Waals surface area contributed by atoms with Crippen molar-refractivity contribution in [2.24, 2.45) is 5.73 Å². The highest BCUT2D eigenvalue weighted by atomic mass is 16.5. The number of nitrogens with two attached hydrogens (primary N) is 1. The van der Waals surface area contributed by atoms with Crippen LogP contribution in [0.3, 0.4) is 0 Å². The van der Waals surface area contributed by atoms with Crippen LogP contribution < -0.4 is 11.1 Å². The Morgan fingerprint density at radius 2 is 2.19 bits per heavy atom. The van der Waals surface area contributed by atoms with Gasteiger partial charge in [-0.2, -0.15) is 0 Å². The normalized spacial score (nSPS) is 23.1. The smallest absolute Gasteiger partial charge is 0.0892 e. The first-order valence-electron chi connectivity index (χ1n) is 5.83. The summed E-state index contributed by atoms with van der Waals surface area (Å²) in [6, 6.07) is 6.36. The third-order valence-corrected chi connectivity index (χ3v) is 3.27. The molecule has 2 rings (SSSR count). The van der Waals surface area contributed by atoms with Crippen molar-refractivity contribution < 1.29 is 4.74 Å². The molecular weight excluding hydrogens is 200 g/mol. The maximum absolute atomic E-state index is 6.22. The van der Waals surface area contributed by atoms with Crippen LogP contribution in [0.25, 0.3) is 0 Å². The highest BCUT2D eigenvalue weighted by Crippen LogP contribution is 2.20. The molecule has 0 saturated carbocycles. The quantitative estimate of drug-likeness (QED) is 0.789. The summed E-state index contributed by atoms with van der Waals surface area (Å²) in [5.74, 6) is 0. The summed E-state index contributed by atoms with van der Waals surface area (Å²) in [6.07, 6.45) is 0.0934. The van der Waals surface area contributed by atoms with E-state index in [0.29, 0.717) is 0 Å². The van der Waals surface area contributed by atoms with Crippen LogP contribution in [-0.2, 0) is 4.74 Å². The standard InChI is InChI=1S/C13H20N2O/c1-9-3-4-11(7-10(9)2)13(14)12-8-15-5-6-16-12/h3-4,7,12-13,15H,5-6,8,14H2,1-2H3. The van der Waals surface area contributed by atoms with Crippen molar-refractivity contribution in [1.82, 2.24) is 5.32 Å². The van der Waals surface area contributed by atoms with Gasteiger partial charge in [0.2, 0.25) is 0 Å². The molecule has 88 valence electrons. The average Bonchev–Trinajstić information content (AvgIpc) is 2.33. The topological polar surface area (TPSA) is 47.3 Å². The second kappa shape index (κ2) is 4.95. The average molecular weight is 220 g/mol. The monoisotopic (exact) mass is 220 g/mol. The molecule has 0 bridgehead atoms. The summed E-state index contributed by atoms with van der Waals surface area (Å²) in [7, 11) is 0. The van der Waals surface area contributed by atoms with E-state index < -0.39 is 0 Å². The molecule has 1 aromatic rings. The Kier molecular flexibility index (Phi) is 3.59. The van der Waals surface area contributed by atoms with E-state index in [-0.39, 0.29) is 12.1 Å². The number of hydrogen-bond acceptors (Lipinski definition) is 3. The summed E-state index contributed by atoms with van der Waals surface area (Å²) in [5.41, 5.74) is 9.98. The maximum atomic E-state index is 6.22. The van der Waals surface area contributed by atoms with Crippen molar-refractivity contribution in [3.63, 3.8) is 0 Å². The first kappa shape index (κ1) is 11.6. The number of ether oxygens (including phenoxy) is 1. The summed E-state index contributed by atoms with van der Waals surface area (Å²) in [4.78, 5) is 0. The molecule has 2 atom stereocenters. The molecule has 3 nitrogen and oxygen atoms in total. The van der Waals surface area contributed by atoms with Crippen LogP contribution in [0, 0.1) is 13.8 Å². The summed E-state index contributed by atoms with van der Waals surface area (Å²) in [6.45, 7) is 6.75. The lowest BCUT2D eigenvalue weighted by molar-refractivity contribution is 0.0122. The van der Waals surface area contributed by atoms with Crippen molar-refractivity contribution >= 4 is 0 Å². The number of benzene rings is 1. The molecule has 3 N–H and O–H groups in total. The molecule has 1 saturated heterocycles. The van der Waals surface area contributed by atoms with Gasteiger partial charge in [-0.15, -0.1) is 0 Å². The minimum Gasteiger partial charge on any atom is -0.374 e. The van der Waals surface area contributed by atoms with Gasteiger partial charge in [0.25, 0.3) is 0 Å². The van der Waals surface area contributed by atoms with Gasteiger partial charge in [-0.3, -0.25) is 0 Å². The second-order valence-corrected chi connectivity index (χ2v) is 4.48. The fourth-order valence-corrected chi connectivity index (χ4v) is 2.00. The predicted molar refractivity (Wildman–Crippen MR) is 65.5 cm³/mol. The number of nitrogens with one attached hydrogen (secondary N) is 1. The van der Waals surface area contributed by atoms with Gasteiger partial charge in [-0.1, -0.05) is 18.2 Å². The van der Waals surface area contributed by atoms with Crippen molar-refractivity contribution in [3.05, 3.63) is 34.9 Å². The van der Waals surface area contributed by atoms with Gasteiger partial charge >= 0.3 is 0 Å². The molecule has 16 heavy (non-hydrogen) atoms. The highest BCUT2D eigenvalue weighted by Gasteiger charge is 2.22. The van der Waals surface area contributed by atoms with Crippen LogP contribution in [-0.4, -0.2) is 25.8 Å². The largest absolute Gasteiger partial charge is 0.374 e. The van der Waals surface area contributed by atoms with Gasteiger partial charge in [0, 0.05) is 13.1 Å². The third-order valence-electron chi connectivity index (χ3n) is 3.27. The molecule has 0 amide bonds. The zero-order valence-corrected chi connectivity index (χ0v) is 9.99.